The topological polar surface area (TPSA) is 23.4 Å². The van der Waals surface area contributed by atoms with Crippen LogP contribution in [-0.2, 0) is 0 Å². The molecule has 0 unspecified atom stereocenters. The highest BCUT2D eigenvalue weighted by Gasteiger charge is 2.25. The minimum atomic E-state index is 1.01. The lowest BCUT2D eigenvalue weighted by Crippen LogP contribution is -2.14. The van der Waals surface area contributed by atoms with Crippen LogP contribution in [0.5, 0.6) is 0 Å². The lowest BCUT2D eigenvalue weighted by Gasteiger charge is -2.30. The summed E-state index contributed by atoms with van der Waals surface area (Å²) in [6.45, 7) is 0. The van der Waals surface area contributed by atoms with Gasteiger partial charge >= 0.3 is 0 Å². The molecule has 0 aliphatic rings. The number of hydrogen-bond acceptors (Lipinski definition) is 3. The van der Waals surface area contributed by atoms with Crippen LogP contribution in [0.15, 0.2) is 212 Å². The molecule has 0 fully saturated rings. The highest BCUT2D eigenvalue weighted by molar-refractivity contribution is 6.18. The number of rotatable bonds is 9. The third-order valence-electron chi connectivity index (χ3n) is 9.46. The van der Waals surface area contributed by atoms with Gasteiger partial charge < -0.3 is 19.7 Å². The maximum Gasteiger partial charge on any atom is 0.0583 e. The van der Waals surface area contributed by atoms with Crippen LogP contribution in [-0.4, -0.2) is 4.57 Å². The number of benzene rings is 8. The fourth-order valence-electron chi connectivity index (χ4n) is 7.24. The molecule has 4 heteroatoms. The van der Waals surface area contributed by atoms with Gasteiger partial charge in [0.2, 0.25) is 0 Å². The van der Waals surface area contributed by atoms with Crippen molar-refractivity contribution in [3.8, 4) is 5.69 Å². The molecule has 0 saturated carbocycles. The number of anilines is 8. The summed E-state index contributed by atoms with van der Waals surface area (Å²) < 4.78 is 2.41. The zero-order chi connectivity index (χ0) is 34.7. The fraction of sp³-hybridized carbons (Fsp3) is 0. The molecule has 4 nitrogen and oxygen atoms in total. The second kappa shape index (κ2) is 13.7. The molecule has 1 N–H and O–H groups in total. The first-order valence-corrected chi connectivity index (χ1v) is 17.6. The lowest BCUT2D eigenvalue weighted by molar-refractivity contribution is 1.17. The number of nitrogens with zero attached hydrogens (tertiary/aromatic N) is 3. The molecule has 0 aliphatic heterocycles. The first kappa shape index (κ1) is 31.0. The van der Waals surface area contributed by atoms with Gasteiger partial charge in [-0.3, -0.25) is 0 Å². The van der Waals surface area contributed by atoms with Crippen molar-refractivity contribution in [2.45, 2.75) is 0 Å². The van der Waals surface area contributed by atoms with Gasteiger partial charge in [0.15, 0.2) is 0 Å². The summed E-state index contributed by atoms with van der Waals surface area (Å²) in [5.74, 6) is 0. The van der Waals surface area contributed by atoms with Gasteiger partial charge in [-0.2, -0.15) is 0 Å². The van der Waals surface area contributed by atoms with Crippen LogP contribution in [0, 0.1) is 0 Å². The van der Waals surface area contributed by atoms with Crippen molar-refractivity contribution in [2.24, 2.45) is 0 Å². The largest absolute Gasteiger partial charge is 0.355 e. The fourth-order valence-corrected chi connectivity index (χ4v) is 7.24. The summed E-state index contributed by atoms with van der Waals surface area (Å²) >= 11 is 0. The van der Waals surface area contributed by atoms with E-state index >= 15 is 0 Å². The smallest absolute Gasteiger partial charge is 0.0583 e. The minimum Gasteiger partial charge on any atom is -0.355 e. The molecule has 1 heterocycles. The number of nitrogens with one attached hydrogen (secondary N) is 1. The van der Waals surface area contributed by atoms with E-state index in [2.05, 4.69) is 226 Å². The Kier molecular flexibility index (Phi) is 8.16. The monoisotopic (exact) mass is 668 g/mol. The Morgan fingerprint density at radius 1 is 0.346 bits per heavy atom. The van der Waals surface area contributed by atoms with E-state index in [0.29, 0.717) is 0 Å². The molecule has 0 bridgehead atoms. The maximum absolute atomic E-state index is 3.63. The van der Waals surface area contributed by atoms with Crippen molar-refractivity contribution >= 4 is 67.3 Å². The normalized spacial score (nSPS) is 11.1. The first-order chi connectivity index (χ1) is 25.8. The molecule has 0 atom stereocenters. The second-order valence-corrected chi connectivity index (χ2v) is 12.8. The SMILES string of the molecule is c1ccc(Nc2cccc(N(c3ccccc3)c3cc(N(c4ccccc4)c4ccccc4)cc4c3c3ccccc3n4-c3ccccc3)c2)cc1. The molecule has 0 amide bonds. The van der Waals surface area contributed by atoms with Gasteiger partial charge in [-0.1, -0.05) is 115 Å². The molecular formula is C48H36N4. The van der Waals surface area contributed by atoms with E-state index in [1.165, 1.54) is 10.8 Å². The summed E-state index contributed by atoms with van der Waals surface area (Å²) in [4.78, 5) is 4.75. The molecule has 0 spiro atoms. The molecule has 1 aromatic heterocycles. The Balaban J connectivity index is 1.38. The number of aromatic nitrogens is 1. The third kappa shape index (κ3) is 5.82. The van der Waals surface area contributed by atoms with E-state index in [1.54, 1.807) is 0 Å². The molecule has 0 aliphatic carbocycles. The molecule has 52 heavy (non-hydrogen) atoms. The van der Waals surface area contributed by atoms with Crippen LogP contribution in [0.25, 0.3) is 27.5 Å². The molecule has 248 valence electrons. The zero-order valence-corrected chi connectivity index (χ0v) is 28.5. The van der Waals surface area contributed by atoms with Crippen LogP contribution in [0.4, 0.5) is 45.5 Å². The van der Waals surface area contributed by atoms with Gasteiger partial charge in [-0.25, -0.2) is 0 Å². The van der Waals surface area contributed by atoms with Crippen molar-refractivity contribution in [1.82, 2.24) is 4.57 Å². The average Bonchev–Trinajstić information content (AvgIpc) is 3.55. The molecule has 8 aromatic carbocycles. The van der Waals surface area contributed by atoms with Crippen molar-refractivity contribution in [2.75, 3.05) is 15.1 Å². The van der Waals surface area contributed by atoms with Gasteiger partial charge in [-0.05, 0) is 97.1 Å². The van der Waals surface area contributed by atoms with E-state index in [1.807, 2.05) is 6.07 Å². The van der Waals surface area contributed by atoms with Crippen LogP contribution in [0.1, 0.15) is 0 Å². The Labute approximate surface area is 304 Å². The van der Waals surface area contributed by atoms with Crippen molar-refractivity contribution in [1.29, 1.82) is 0 Å². The van der Waals surface area contributed by atoms with Gasteiger partial charge in [0.25, 0.3) is 0 Å². The number of hydrogen-bond donors (Lipinski definition) is 1. The van der Waals surface area contributed by atoms with Crippen molar-refractivity contribution < 1.29 is 0 Å². The van der Waals surface area contributed by atoms with Gasteiger partial charge in [0, 0.05) is 50.6 Å². The summed E-state index contributed by atoms with van der Waals surface area (Å²) in [7, 11) is 0. The highest BCUT2D eigenvalue weighted by atomic mass is 15.2. The molecule has 0 saturated heterocycles. The Hall–Kier alpha value is -7.04. The second-order valence-electron chi connectivity index (χ2n) is 12.8. The van der Waals surface area contributed by atoms with E-state index in [9.17, 15) is 0 Å². The van der Waals surface area contributed by atoms with E-state index in [4.69, 9.17) is 0 Å². The maximum atomic E-state index is 3.63. The summed E-state index contributed by atoms with van der Waals surface area (Å²) in [6, 6.07) is 75.1. The first-order valence-electron chi connectivity index (χ1n) is 17.6. The predicted molar refractivity (Wildman–Crippen MR) is 220 cm³/mol. The molecular weight excluding hydrogens is 633 g/mol. The molecule has 9 rings (SSSR count). The van der Waals surface area contributed by atoms with Crippen molar-refractivity contribution in [3.63, 3.8) is 0 Å². The predicted octanol–water partition coefficient (Wildman–Crippen LogP) is 13.5. The summed E-state index contributed by atoms with van der Waals surface area (Å²) in [5.41, 5.74) is 11.9. The summed E-state index contributed by atoms with van der Waals surface area (Å²) in [6.07, 6.45) is 0. The third-order valence-corrected chi connectivity index (χ3v) is 9.46. The molecule has 0 radical (unpaired) electrons. The average molecular weight is 669 g/mol. The van der Waals surface area contributed by atoms with Gasteiger partial charge in [0.05, 0.1) is 22.4 Å². The van der Waals surface area contributed by atoms with Crippen LogP contribution < -0.4 is 15.1 Å². The number of fused-ring (bicyclic) bond motifs is 3. The minimum absolute atomic E-state index is 1.01. The van der Waals surface area contributed by atoms with E-state index < -0.39 is 0 Å². The Morgan fingerprint density at radius 3 is 1.48 bits per heavy atom. The van der Waals surface area contributed by atoms with Crippen LogP contribution in [0.2, 0.25) is 0 Å². The highest BCUT2D eigenvalue weighted by Crippen LogP contribution is 2.48. The van der Waals surface area contributed by atoms with E-state index in [0.717, 1.165) is 62.2 Å². The Bertz CT molecular complexity index is 2540. The van der Waals surface area contributed by atoms with E-state index in [-0.39, 0.29) is 0 Å². The van der Waals surface area contributed by atoms with Crippen LogP contribution in [0.3, 0.4) is 0 Å². The quantitative estimate of drug-likeness (QED) is 0.166. The number of para-hydroxylation sites is 6. The molecule has 9 aromatic rings. The van der Waals surface area contributed by atoms with Gasteiger partial charge in [0.1, 0.15) is 0 Å². The lowest BCUT2D eigenvalue weighted by atomic mass is 10.1. The van der Waals surface area contributed by atoms with Crippen molar-refractivity contribution in [3.05, 3.63) is 212 Å². The van der Waals surface area contributed by atoms with Gasteiger partial charge in [-0.15, -0.1) is 0 Å². The van der Waals surface area contributed by atoms with Crippen LogP contribution >= 0.6 is 0 Å². The zero-order valence-electron chi connectivity index (χ0n) is 28.5. The summed E-state index contributed by atoms with van der Waals surface area (Å²) in [5, 5.41) is 5.99. The standard InChI is InChI=1S/C48H36N4/c1-6-19-36(20-7-1)49-37-21-18-30-42(33-37)51(40-26-12-4-13-27-40)46-34-43(50(38-22-8-2-9-23-38)39-24-10-3-11-25-39)35-47-48(46)44-31-16-17-32-45(44)52(47)41-28-14-5-15-29-41/h1-35,49H. The Morgan fingerprint density at radius 2 is 0.846 bits per heavy atom.